The van der Waals surface area contributed by atoms with E-state index in [9.17, 15) is 4.79 Å². The van der Waals surface area contributed by atoms with E-state index in [2.05, 4.69) is 16.0 Å². The lowest BCUT2D eigenvalue weighted by Crippen LogP contribution is -2.13. The first-order chi connectivity index (χ1) is 7.27. The van der Waals surface area contributed by atoms with Crippen molar-refractivity contribution in [2.24, 2.45) is 0 Å². The number of carbonyl (C=O) groups excluding carboxylic acids is 1. The van der Waals surface area contributed by atoms with E-state index in [0.29, 0.717) is 18.7 Å². The van der Waals surface area contributed by atoms with E-state index in [0.717, 1.165) is 5.56 Å². The number of rotatable bonds is 4. The summed E-state index contributed by atoms with van der Waals surface area (Å²) >= 11 is 0. The molecule has 3 heteroatoms. The highest BCUT2D eigenvalue weighted by Gasteiger charge is 2.04. The second-order valence-corrected chi connectivity index (χ2v) is 3.00. The molecule has 0 aliphatic rings. The second-order valence-electron chi connectivity index (χ2n) is 3.00. The molecule has 0 heterocycles. The maximum atomic E-state index is 11.2. The van der Waals surface area contributed by atoms with Crippen LogP contribution in [0.2, 0.25) is 0 Å². The van der Waals surface area contributed by atoms with Crippen LogP contribution < -0.4 is 5.32 Å². The summed E-state index contributed by atoms with van der Waals surface area (Å²) in [6, 6.07) is 7.25. The molecule has 0 atom stereocenters. The van der Waals surface area contributed by atoms with Crippen LogP contribution in [0.5, 0.6) is 0 Å². The molecule has 15 heavy (non-hydrogen) atoms. The highest BCUT2D eigenvalue weighted by molar-refractivity contribution is 5.89. The Balaban J connectivity index is 2.66. The normalized spacial score (nSPS) is 9.33. The van der Waals surface area contributed by atoms with Gasteiger partial charge in [-0.05, 0) is 17.7 Å². The number of nitrogens with one attached hydrogen (secondary N) is 1. The Morgan fingerprint density at radius 3 is 3.07 bits per heavy atom. The molecule has 0 spiro atoms. The Morgan fingerprint density at radius 2 is 2.40 bits per heavy atom. The van der Waals surface area contributed by atoms with Crippen LogP contribution in [0.3, 0.4) is 0 Å². The molecule has 0 bridgehead atoms. The van der Waals surface area contributed by atoms with Crippen LogP contribution >= 0.6 is 0 Å². The standard InChI is InChI=1S/C12H13NO2/c1-3-7-13-9-10-5-4-6-11(8-10)12(14)15-2/h1,4-6,8,13H,7,9H2,2H3. The minimum atomic E-state index is -0.325. The zero-order valence-electron chi connectivity index (χ0n) is 8.62. The van der Waals surface area contributed by atoms with Crippen molar-refractivity contribution in [1.29, 1.82) is 0 Å². The van der Waals surface area contributed by atoms with Gasteiger partial charge in [0.2, 0.25) is 0 Å². The summed E-state index contributed by atoms with van der Waals surface area (Å²) in [5.41, 5.74) is 1.56. The topological polar surface area (TPSA) is 38.3 Å². The number of benzene rings is 1. The molecule has 1 aromatic rings. The predicted molar refractivity (Wildman–Crippen MR) is 58.3 cm³/mol. The lowest BCUT2D eigenvalue weighted by Gasteiger charge is -2.03. The van der Waals surface area contributed by atoms with E-state index < -0.39 is 0 Å². The van der Waals surface area contributed by atoms with Crippen LogP contribution in [0.15, 0.2) is 24.3 Å². The molecule has 1 aromatic carbocycles. The lowest BCUT2D eigenvalue weighted by molar-refractivity contribution is 0.0600. The number of carbonyl (C=O) groups is 1. The summed E-state index contributed by atoms with van der Waals surface area (Å²) in [4.78, 5) is 11.2. The average Bonchev–Trinajstić information content (AvgIpc) is 2.29. The number of methoxy groups -OCH3 is 1. The van der Waals surface area contributed by atoms with Crippen LogP contribution in [0.4, 0.5) is 0 Å². The molecule has 0 fully saturated rings. The van der Waals surface area contributed by atoms with Gasteiger partial charge in [-0.3, -0.25) is 0 Å². The van der Waals surface area contributed by atoms with Gasteiger partial charge in [0, 0.05) is 6.54 Å². The van der Waals surface area contributed by atoms with E-state index in [4.69, 9.17) is 6.42 Å². The summed E-state index contributed by atoms with van der Waals surface area (Å²) < 4.78 is 4.63. The Hall–Kier alpha value is -1.79. The van der Waals surface area contributed by atoms with E-state index in [-0.39, 0.29) is 5.97 Å². The zero-order chi connectivity index (χ0) is 11.1. The number of ether oxygens (including phenoxy) is 1. The highest BCUT2D eigenvalue weighted by atomic mass is 16.5. The summed E-state index contributed by atoms with van der Waals surface area (Å²) in [5.74, 6) is 2.16. The first-order valence-electron chi connectivity index (χ1n) is 4.59. The summed E-state index contributed by atoms with van der Waals surface area (Å²) in [5, 5.41) is 3.05. The molecule has 0 aliphatic carbocycles. The number of terminal acetylenes is 1. The van der Waals surface area contributed by atoms with Gasteiger partial charge in [-0.25, -0.2) is 4.79 Å². The van der Waals surface area contributed by atoms with Gasteiger partial charge in [0.15, 0.2) is 0 Å². The third-order valence-electron chi connectivity index (χ3n) is 1.90. The quantitative estimate of drug-likeness (QED) is 0.454. The second kappa shape index (κ2) is 5.84. The van der Waals surface area contributed by atoms with E-state index in [1.807, 2.05) is 12.1 Å². The van der Waals surface area contributed by atoms with Crippen molar-refractivity contribution in [3.8, 4) is 12.3 Å². The Morgan fingerprint density at radius 1 is 1.60 bits per heavy atom. The van der Waals surface area contributed by atoms with Crippen molar-refractivity contribution in [1.82, 2.24) is 5.32 Å². The van der Waals surface area contributed by atoms with Gasteiger partial charge >= 0.3 is 5.97 Å². The van der Waals surface area contributed by atoms with E-state index in [1.54, 1.807) is 12.1 Å². The lowest BCUT2D eigenvalue weighted by atomic mass is 10.1. The van der Waals surface area contributed by atoms with Gasteiger partial charge in [-0.15, -0.1) is 6.42 Å². The fourth-order valence-electron chi connectivity index (χ4n) is 1.21. The van der Waals surface area contributed by atoms with Crippen LogP contribution in [0, 0.1) is 12.3 Å². The van der Waals surface area contributed by atoms with Crippen LogP contribution in [0.25, 0.3) is 0 Å². The molecule has 0 saturated carbocycles. The summed E-state index contributed by atoms with van der Waals surface area (Å²) in [7, 11) is 1.37. The molecular weight excluding hydrogens is 190 g/mol. The molecule has 1 rings (SSSR count). The maximum absolute atomic E-state index is 11.2. The molecule has 0 unspecified atom stereocenters. The van der Waals surface area contributed by atoms with Crippen LogP contribution in [-0.2, 0) is 11.3 Å². The Bertz CT molecular complexity index is 379. The minimum Gasteiger partial charge on any atom is -0.465 e. The van der Waals surface area contributed by atoms with Gasteiger partial charge in [0.25, 0.3) is 0 Å². The number of esters is 1. The molecule has 1 N–H and O–H groups in total. The molecule has 0 radical (unpaired) electrons. The fourth-order valence-corrected chi connectivity index (χ4v) is 1.21. The smallest absolute Gasteiger partial charge is 0.337 e. The van der Waals surface area contributed by atoms with Crippen molar-refractivity contribution in [2.45, 2.75) is 6.54 Å². The molecule has 0 amide bonds. The Kier molecular flexibility index (Phi) is 4.39. The van der Waals surface area contributed by atoms with Gasteiger partial charge in [0.05, 0.1) is 19.2 Å². The molecule has 78 valence electrons. The van der Waals surface area contributed by atoms with Crippen molar-refractivity contribution < 1.29 is 9.53 Å². The fraction of sp³-hybridized carbons (Fsp3) is 0.250. The summed E-state index contributed by atoms with van der Waals surface area (Å²) in [6.07, 6.45) is 5.11. The predicted octanol–water partition coefficient (Wildman–Crippen LogP) is 1.20. The SMILES string of the molecule is C#CCNCc1cccc(C(=O)OC)c1. The molecule has 3 nitrogen and oxygen atoms in total. The van der Waals surface area contributed by atoms with Gasteiger partial charge < -0.3 is 10.1 Å². The van der Waals surface area contributed by atoms with Crippen LogP contribution in [-0.4, -0.2) is 19.6 Å². The molecular formula is C12H13NO2. The highest BCUT2D eigenvalue weighted by Crippen LogP contribution is 2.06. The largest absolute Gasteiger partial charge is 0.465 e. The van der Waals surface area contributed by atoms with Crippen molar-refractivity contribution >= 4 is 5.97 Å². The molecule has 0 aromatic heterocycles. The van der Waals surface area contributed by atoms with Gasteiger partial charge in [-0.1, -0.05) is 18.1 Å². The third kappa shape index (κ3) is 3.45. The zero-order valence-corrected chi connectivity index (χ0v) is 8.62. The minimum absolute atomic E-state index is 0.325. The first-order valence-corrected chi connectivity index (χ1v) is 4.59. The average molecular weight is 203 g/mol. The summed E-state index contributed by atoms with van der Waals surface area (Å²) in [6.45, 7) is 1.16. The maximum Gasteiger partial charge on any atom is 0.337 e. The third-order valence-corrected chi connectivity index (χ3v) is 1.90. The first kappa shape index (κ1) is 11.3. The van der Waals surface area contributed by atoms with E-state index >= 15 is 0 Å². The van der Waals surface area contributed by atoms with Crippen molar-refractivity contribution in [2.75, 3.05) is 13.7 Å². The van der Waals surface area contributed by atoms with Crippen molar-refractivity contribution in [3.05, 3.63) is 35.4 Å². The number of hydrogen-bond donors (Lipinski definition) is 1. The van der Waals surface area contributed by atoms with Gasteiger partial charge in [-0.2, -0.15) is 0 Å². The molecule has 0 aliphatic heterocycles. The Labute approximate surface area is 89.4 Å². The monoisotopic (exact) mass is 203 g/mol. The molecule has 0 saturated heterocycles. The number of hydrogen-bond acceptors (Lipinski definition) is 3. The van der Waals surface area contributed by atoms with Crippen LogP contribution in [0.1, 0.15) is 15.9 Å². The van der Waals surface area contributed by atoms with Crippen molar-refractivity contribution in [3.63, 3.8) is 0 Å². The van der Waals surface area contributed by atoms with Gasteiger partial charge in [0.1, 0.15) is 0 Å². The van der Waals surface area contributed by atoms with E-state index in [1.165, 1.54) is 7.11 Å².